The first kappa shape index (κ1) is 14.9. The summed E-state index contributed by atoms with van der Waals surface area (Å²) < 4.78 is 14.1. The summed E-state index contributed by atoms with van der Waals surface area (Å²) in [6.45, 7) is 0. The van der Waals surface area contributed by atoms with Crippen LogP contribution in [0.25, 0.3) is 5.57 Å². The van der Waals surface area contributed by atoms with Crippen LogP contribution in [0.1, 0.15) is 33.5 Å². The number of fused-ring (bicyclic) bond motifs is 1. The zero-order chi connectivity index (χ0) is 16.4. The molecule has 1 aliphatic rings. The zero-order valence-electron chi connectivity index (χ0n) is 12.3. The monoisotopic (exact) mass is 310 g/mol. The van der Waals surface area contributed by atoms with Gasteiger partial charge in [0.2, 0.25) is 0 Å². The van der Waals surface area contributed by atoms with E-state index in [-0.39, 0.29) is 5.96 Å². The van der Waals surface area contributed by atoms with E-state index in [0.29, 0.717) is 11.1 Å². The van der Waals surface area contributed by atoms with E-state index in [1.54, 1.807) is 24.4 Å². The van der Waals surface area contributed by atoms with Crippen molar-refractivity contribution in [2.75, 3.05) is 0 Å². The Labute approximate surface area is 132 Å². The summed E-state index contributed by atoms with van der Waals surface area (Å²) in [5.41, 5.74) is 13.9. The average Bonchev–Trinajstić information content (AvgIpc) is 2.54. The summed E-state index contributed by atoms with van der Waals surface area (Å²) in [6, 6.07) is 6.87. The highest BCUT2D eigenvalue weighted by Gasteiger charge is 2.19. The number of aryl methyl sites for hydroxylation is 1. The molecule has 0 aliphatic heterocycles. The molecule has 1 aliphatic carbocycles. The number of aliphatic imine (C=N–C) groups is 1. The van der Waals surface area contributed by atoms with Crippen LogP contribution in [0.15, 0.2) is 47.7 Å². The second-order valence-electron chi connectivity index (χ2n) is 5.23. The number of halogens is 1. The molecule has 0 radical (unpaired) electrons. The van der Waals surface area contributed by atoms with Crippen LogP contribution in [-0.4, -0.2) is 16.9 Å². The topological polar surface area (TPSA) is 94.4 Å². The predicted molar refractivity (Wildman–Crippen MR) is 86.2 cm³/mol. The second kappa shape index (κ2) is 6.00. The van der Waals surface area contributed by atoms with Crippen molar-refractivity contribution < 1.29 is 9.18 Å². The summed E-state index contributed by atoms with van der Waals surface area (Å²) in [7, 11) is 0. The van der Waals surface area contributed by atoms with Crippen LogP contribution in [-0.2, 0) is 6.42 Å². The number of hydrogen-bond acceptors (Lipinski definition) is 2. The third-order valence-corrected chi connectivity index (χ3v) is 3.70. The third kappa shape index (κ3) is 2.96. The highest BCUT2D eigenvalue weighted by Crippen LogP contribution is 2.33. The van der Waals surface area contributed by atoms with Gasteiger partial charge >= 0.3 is 0 Å². The van der Waals surface area contributed by atoms with Crippen molar-refractivity contribution in [3.63, 3.8) is 0 Å². The lowest BCUT2D eigenvalue weighted by atomic mass is 9.86. The Balaban J connectivity index is 2.09. The number of aromatic nitrogens is 1. The second-order valence-corrected chi connectivity index (χ2v) is 5.23. The Bertz CT molecular complexity index is 838. The number of rotatable bonds is 2. The quantitative estimate of drug-likeness (QED) is 0.655. The van der Waals surface area contributed by atoms with Gasteiger partial charge in [-0.25, -0.2) is 4.39 Å². The fraction of sp³-hybridized carbons (Fsp3) is 0.118. The highest BCUT2D eigenvalue weighted by molar-refractivity contribution is 6.02. The maximum atomic E-state index is 14.1. The van der Waals surface area contributed by atoms with Crippen molar-refractivity contribution >= 4 is 17.4 Å². The molecular formula is C17H15FN4O. The molecule has 0 fully saturated rings. The number of carbonyl (C=O) groups excluding carboxylic acids is 1. The number of allylic oxidation sites excluding steroid dienone is 1. The molecule has 1 aromatic carbocycles. The summed E-state index contributed by atoms with van der Waals surface area (Å²) in [4.78, 5) is 19.3. The van der Waals surface area contributed by atoms with Gasteiger partial charge in [0.05, 0.1) is 6.20 Å². The Morgan fingerprint density at radius 3 is 2.78 bits per heavy atom. The molecule has 23 heavy (non-hydrogen) atoms. The number of pyridine rings is 1. The fourth-order valence-corrected chi connectivity index (χ4v) is 2.69. The van der Waals surface area contributed by atoms with Gasteiger partial charge in [-0.05, 0) is 47.7 Å². The molecule has 0 unspecified atom stereocenters. The first-order chi connectivity index (χ1) is 11.1. The summed E-state index contributed by atoms with van der Waals surface area (Å²) in [5.74, 6) is -1.20. The molecule has 4 N–H and O–H groups in total. The van der Waals surface area contributed by atoms with Crippen LogP contribution >= 0.6 is 0 Å². The normalized spacial score (nSPS) is 13.0. The number of guanidine groups is 1. The van der Waals surface area contributed by atoms with Gasteiger partial charge in [-0.2, -0.15) is 4.99 Å². The lowest BCUT2D eigenvalue weighted by molar-refractivity contribution is 0.100. The number of hydrogen-bond donors (Lipinski definition) is 2. The average molecular weight is 310 g/mol. The van der Waals surface area contributed by atoms with Crippen LogP contribution in [0.4, 0.5) is 4.39 Å². The molecule has 0 spiro atoms. The number of carbonyl (C=O) groups is 1. The highest BCUT2D eigenvalue weighted by atomic mass is 19.1. The van der Waals surface area contributed by atoms with Gasteiger partial charge in [0, 0.05) is 17.3 Å². The van der Waals surface area contributed by atoms with Crippen LogP contribution in [0.2, 0.25) is 0 Å². The molecule has 1 heterocycles. The van der Waals surface area contributed by atoms with E-state index in [0.717, 1.165) is 29.5 Å². The van der Waals surface area contributed by atoms with Gasteiger partial charge in [-0.15, -0.1) is 0 Å². The van der Waals surface area contributed by atoms with E-state index in [9.17, 15) is 9.18 Å². The molecule has 0 saturated carbocycles. The summed E-state index contributed by atoms with van der Waals surface area (Å²) >= 11 is 0. The van der Waals surface area contributed by atoms with Gasteiger partial charge in [0.15, 0.2) is 5.96 Å². The van der Waals surface area contributed by atoms with E-state index in [4.69, 9.17) is 11.5 Å². The van der Waals surface area contributed by atoms with E-state index in [1.807, 2.05) is 12.1 Å². The lowest BCUT2D eigenvalue weighted by Crippen LogP contribution is -2.24. The molecule has 5 nitrogen and oxygen atoms in total. The Hall–Kier alpha value is -3.02. The minimum Gasteiger partial charge on any atom is -0.370 e. The SMILES string of the molecule is NC(N)=NC(=O)c1ccc2c(c1)C(c1ccncc1F)=CCC2. The Morgan fingerprint density at radius 2 is 2.04 bits per heavy atom. The molecular weight excluding hydrogens is 295 g/mol. The molecule has 0 atom stereocenters. The minimum absolute atomic E-state index is 0.288. The van der Waals surface area contributed by atoms with Crippen molar-refractivity contribution in [1.29, 1.82) is 0 Å². The molecule has 2 aromatic rings. The summed E-state index contributed by atoms with van der Waals surface area (Å²) in [5, 5.41) is 0. The molecule has 116 valence electrons. The van der Waals surface area contributed by atoms with Gasteiger partial charge in [0.1, 0.15) is 5.82 Å². The van der Waals surface area contributed by atoms with Crippen molar-refractivity contribution in [3.8, 4) is 0 Å². The van der Waals surface area contributed by atoms with Crippen molar-refractivity contribution in [1.82, 2.24) is 4.98 Å². The molecule has 3 rings (SSSR count). The van der Waals surface area contributed by atoms with Gasteiger partial charge in [-0.1, -0.05) is 12.1 Å². The van der Waals surface area contributed by atoms with Gasteiger partial charge in [-0.3, -0.25) is 9.78 Å². The smallest absolute Gasteiger partial charge is 0.280 e. The van der Waals surface area contributed by atoms with Crippen molar-refractivity contribution in [2.45, 2.75) is 12.8 Å². The maximum absolute atomic E-state index is 14.1. The molecule has 6 heteroatoms. The van der Waals surface area contributed by atoms with Gasteiger partial charge < -0.3 is 11.5 Å². The number of benzene rings is 1. The largest absolute Gasteiger partial charge is 0.370 e. The zero-order valence-corrected chi connectivity index (χ0v) is 12.3. The fourth-order valence-electron chi connectivity index (χ4n) is 2.69. The molecule has 1 aromatic heterocycles. The Kier molecular flexibility index (Phi) is 3.89. The van der Waals surface area contributed by atoms with Crippen molar-refractivity contribution in [3.05, 3.63) is 70.8 Å². The first-order valence-corrected chi connectivity index (χ1v) is 7.13. The number of nitrogens with two attached hydrogens (primary N) is 2. The van der Waals surface area contributed by atoms with Crippen LogP contribution in [0, 0.1) is 5.82 Å². The van der Waals surface area contributed by atoms with Gasteiger partial charge in [0.25, 0.3) is 5.91 Å². The van der Waals surface area contributed by atoms with E-state index >= 15 is 0 Å². The van der Waals surface area contributed by atoms with Crippen LogP contribution in [0.3, 0.4) is 0 Å². The first-order valence-electron chi connectivity index (χ1n) is 7.13. The van der Waals surface area contributed by atoms with E-state index in [2.05, 4.69) is 9.98 Å². The number of amides is 1. The van der Waals surface area contributed by atoms with E-state index in [1.165, 1.54) is 6.20 Å². The molecule has 0 saturated heterocycles. The molecule has 1 amide bonds. The molecule has 0 bridgehead atoms. The third-order valence-electron chi connectivity index (χ3n) is 3.70. The standard InChI is InChI=1S/C17H15FN4O/c18-15-9-21-7-6-13(15)12-3-1-2-10-4-5-11(8-14(10)12)16(23)22-17(19)20/h3-9H,1-2H2,(H4,19,20,22,23). The predicted octanol–water partition coefficient (Wildman–Crippen LogP) is 2.01. The van der Waals surface area contributed by atoms with Crippen LogP contribution < -0.4 is 11.5 Å². The van der Waals surface area contributed by atoms with Crippen LogP contribution in [0.5, 0.6) is 0 Å². The van der Waals surface area contributed by atoms with E-state index < -0.39 is 11.7 Å². The number of nitrogens with zero attached hydrogens (tertiary/aromatic N) is 2. The maximum Gasteiger partial charge on any atom is 0.280 e. The minimum atomic E-state index is -0.520. The lowest BCUT2D eigenvalue weighted by Gasteiger charge is -2.19. The van der Waals surface area contributed by atoms with Crippen molar-refractivity contribution in [2.24, 2.45) is 16.5 Å². The summed E-state index contributed by atoms with van der Waals surface area (Å²) in [6.07, 6.45) is 6.34. The Morgan fingerprint density at radius 1 is 1.22 bits per heavy atom.